The van der Waals surface area contributed by atoms with E-state index >= 15 is 0 Å². The molecule has 2 aromatic rings. The highest BCUT2D eigenvalue weighted by Crippen LogP contribution is 2.22. The minimum atomic E-state index is -3.93. The van der Waals surface area contributed by atoms with Gasteiger partial charge in [0, 0.05) is 5.39 Å². The van der Waals surface area contributed by atoms with Gasteiger partial charge in [-0.05, 0) is 11.5 Å². The number of carbonyl (C=O) groups excluding carboxylic acids is 1. The predicted octanol–water partition coefficient (Wildman–Crippen LogP) is 1.68. The summed E-state index contributed by atoms with van der Waals surface area (Å²) in [6.07, 6.45) is 0. The standard InChI is InChI=1S/C11H7O3S/c12-8-15(13,14)11-7-3-5-9-4-1-2-6-10(9)11/h1-7H. The van der Waals surface area contributed by atoms with Crippen molar-refractivity contribution in [2.45, 2.75) is 4.90 Å². The highest BCUT2D eigenvalue weighted by atomic mass is 32.2. The Morgan fingerprint density at radius 1 is 0.933 bits per heavy atom. The molecule has 0 saturated heterocycles. The molecule has 0 N–H and O–H groups in total. The lowest BCUT2D eigenvalue weighted by Crippen LogP contribution is -2.01. The molecule has 0 aromatic heterocycles. The van der Waals surface area contributed by atoms with E-state index in [9.17, 15) is 13.2 Å². The molecule has 0 spiro atoms. The maximum atomic E-state index is 11.4. The Hall–Kier alpha value is -1.68. The highest BCUT2D eigenvalue weighted by Gasteiger charge is 2.16. The molecule has 0 aliphatic carbocycles. The second kappa shape index (κ2) is 3.47. The smallest absolute Gasteiger partial charge is 0.271 e. The first kappa shape index (κ1) is 9.86. The molecule has 3 nitrogen and oxygen atoms in total. The van der Waals surface area contributed by atoms with Crippen LogP contribution in [0, 0.1) is 0 Å². The van der Waals surface area contributed by atoms with Gasteiger partial charge in [0.05, 0.1) is 4.90 Å². The fourth-order valence-electron chi connectivity index (χ4n) is 1.47. The van der Waals surface area contributed by atoms with Crippen molar-refractivity contribution in [3.63, 3.8) is 0 Å². The quantitative estimate of drug-likeness (QED) is 0.772. The molecule has 0 bridgehead atoms. The molecule has 1 radical (unpaired) electrons. The largest absolute Gasteiger partial charge is 0.333 e. The molecule has 2 aromatic carbocycles. The molecule has 15 heavy (non-hydrogen) atoms. The Labute approximate surface area is 87.3 Å². The first-order valence-electron chi connectivity index (χ1n) is 4.27. The number of hydrogen-bond acceptors (Lipinski definition) is 3. The summed E-state index contributed by atoms with van der Waals surface area (Å²) in [5.41, 5.74) is 1.07. The van der Waals surface area contributed by atoms with Gasteiger partial charge in [-0.25, -0.2) is 8.42 Å². The Morgan fingerprint density at radius 2 is 1.60 bits per heavy atom. The zero-order valence-corrected chi connectivity index (χ0v) is 8.49. The van der Waals surface area contributed by atoms with Crippen molar-refractivity contribution in [2.24, 2.45) is 0 Å². The van der Waals surface area contributed by atoms with Crippen LogP contribution < -0.4 is 0 Å². The Morgan fingerprint density at radius 3 is 2.33 bits per heavy atom. The maximum absolute atomic E-state index is 11.4. The van der Waals surface area contributed by atoms with E-state index in [1.165, 1.54) is 6.07 Å². The first-order chi connectivity index (χ1) is 7.15. The van der Waals surface area contributed by atoms with Crippen molar-refractivity contribution in [3.8, 4) is 0 Å². The molecule has 0 amide bonds. The van der Waals surface area contributed by atoms with Gasteiger partial charge in [0.15, 0.2) is 0 Å². The van der Waals surface area contributed by atoms with Gasteiger partial charge in [0.1, 0.15) is 0 Å². The van der Waals surface area contributed by atoms with Crippen LogP contribution in [-0.4, -0.2) is 14.0 Å². The SMILES string of the molecule is O=[C]S(=O)(=O)c1cccc2ccccc12. The lowest BCUT2D eigenvalue weighted by Gasteiger charge is -2.01. The molecule has 0 heterocycles. The molecular weight excluding hydrogens is 212 g/mol. The van der Waals surface area contributed by atoms with Crippen LogP contribution in [0.15, 0.2) is 47.4 Å². The van der Waals surface area contributed by atoms with Crippen LogP contribution >= 0.6 is 0 Å². The fourth-order valence-corrected chi connectivity index (χ4v) is 2.30. The third kappa shape index (κ3) is 1.64. The number of sulfone groups is 1. The predicted molar refractivity (Wildman–Crippen MR) is 56.8 cm³/mol. The van der Waals surface area contributed by atoms with E-state index < -0.39 is 9.84 Å². The fraction of sp³-hybridized carbons (Fsp3) is 0. The molecule has 4 heteroatoms. The first-order valence-corrected chi connectivity index (χ1v) is 5.75. The van der Waals surface area contributed by atoms with E-state index in [-0.39, 0.29) is 4.90 Å². The van der Waals surface area contributed by atoms with E-state index in [2.05, 4.69) is 0 Å². The van der Waals surface area contributed by atoms with E-state index in [1.54, 1.807) is 30.3 Å². The van der Waals surface area contributed by atoms with Gasteiger partial charge < -0.3 is 0 Å². The van der Waals surface area contributed by atoms with Gasteiger partial charge in [-0.3, -0.25) is 4.79 Å². The summed E-state index contributed by atoms with van der Waals surface area (Å²) in [5.74, 6) is 0. The highest BCUT2D eigenvalue weighted by molar-refractivity contribution is 8.04. The topological polar surface area (TPSA) is 51.2 Å². The Kier molecular flexibility index (Phi) is 2.28. The molecule has 2 rings (SSSR count). The zero-order valence-electron chi connectivity index (χ0n) is 7.67. The number of benzene rings is 2. The van der Waals surface area contributed by atoms with Gasteiger partial charge >= 0.3 is 5.62 Å². The van der Waals surface area contributed by atoms with Crippen LogP contribution in [0.25, 0.3) is 10.8 Å². The van der Waals surface area contributed by atoms with Crippen molar-refractivity contribution in [1.82, 2.24) is 0 Å². The summed E-state index contributed by atoms with van der Waals surface area (Å²) in [7, 11) is -3.93. The van der Waals surface area contributed by atoms with Crippen LogP contribution in [0.2, 0.25) is 0 Å². The van der Waals surface area contributed by atoms with E-state index in [4.69, 9.17) is 0 Å². The second-order valence-electron chi connectivity index (χ2n) is 3.06. The van der Waals surface area contributed by atoms with Crippen LogP contribution in [0.5, 0.6) is 0 Å². The number of hydrogen-bond donors (Lipinski definition) is 0. The van der Waals surface area contributed by atoms with Crippen LogP contribution in [0.1, 0.15) is 0 Å². The lowest BCUT2D eigenvalue weighted by atomic mass is 10.1. The van der Waals surface area contributed by atoms with E-state index in [1.807, 2.05) is 6.07 Å². The third-order valence-corrected chi connectivity index (χ3v) is 3.30. The average Bonchev–Trinajstić information content (AvgIpc) is 2.28. The second-order valence-corrected chi connectivity index (χ2v) is 4.68. The van der Waals surface area contributed by atoms with Crippen LogP contribution in [0.4, 0.5) is 0 Å². The summed E-state index contributed by atoms with van der Waals surface area (Å²) in [6, 6.07) is 11.8. The molecular formula is C11H7O3S. The molecule has 0 atom stereocenters. The molecule has 0 saturated carbocycles. The Balaban J connectivity index is 2.89. The van der Waals surface area contributed by atoms with E-state index in [0.717, 1.165) is 11.0 Å². The zero-order chi connectivity index (χ0) is 10.9. The molecule has 75 valence electrons. The Bertz CT molecular complexity index is 609. The van der Waals surface area contributed by atoms with Crippen molar-refractivity contribution in [1.29, 1.82) is 0 Å². The monoisotopic (exact) mass is 219 g/mol. The van der Waals surface area contributed by atoms with Crippen molar-refractivity contribution < 1.29 is 13.2 Å². The summed E-state index contributed by atoms with van der Waals surface area (Å²) in [6.45, 7) is 0. The molecule has 0 aliphatic heterocycles. The third-order valence-electron chi connectivity index (χ3n) is 2.15. The van der Waals surface area contributed by atoms with E-state index in [0.29, 0.717) is 5.39 Å². The number of fused-ring (bicyclic) bond motifs is 1. The van der Waals surface area contributed by atoms with Gasteiger partial charge in [-0.15, -0.1) is 0 Å². The van der Waals surface area contributed by atoms with Crippen molar-refractivity contribution in [2.75, 3.05) is 0 Å². The van der Waals surface area contributed by atoms with Gasteiger partial charge in [0.25, 0.3) is 0 Å². The number of rotatable bonds is 2. The van der Waals surface area contributed by atoms with Gasteiger partial charge in [-0.2, -0.15) is 0 Å². The molecule has 0 fully saturated rings. The summed E-state index contributed by atoms with van der Waals surface area (Å²) >= 11 is 0. The van der Waals surface area contributed by atoms with Crippen molar-refractivity contribution in [3.05, 3.63) is 42.5 Å². The lowest BCUT2D eigenvalue weighted by molar-refractivity contribution is 0.556. The normalized spacial score (nSPS) is 11.5. The summed E-state index contributed by atoms with van der Waals surface area (Å²) in [5, 5.41) is 1.33. The minimum Gasteiger partial charge on any atom is -0.271 e. The molecule has 0 unspecified atom stereocenters. The average molecular weight is 219 g/mol. The maximum Gasteiger partial charge on any atom is 0.333 e. The van der Waals surface area contributed by atoms with Crippen LogP contribution in [-0.2, 0) is 14.6 Å². The van der Waals surface area contributed by atoms with Crippen molar-refractivity contribution >= 4 is 26.2 Å². The van der Waals surface area contributed by atoms with Gasteiger partial charge in [0.2, 0.25) is 9.84 Å². The molecule has 0 aliphatic rings. The minimum absolute atomic E-state index is 0.00981. The summed E-state index contributed by atoms with van der Waals surface area (Å²) < 4.78 is 22.8. The summed E-state index contributed by atoms with van der Waals surface area (Å²) in [4.78, 5) is 10.4. The van der Waals surface area contributed by atoms with Crippen LogP contribution in [0.3, 0.4) is 0 Å². The van der Waals surface area contributed by atoms with Gasteiger partial charge in [-0.1, -0.05) is 36.4 Å².